The van der Waals surface area contributed by atoms with Gasteiger partial charge in [0, 0.05) is 29.7 Å². The molecule has 3 rings (SSSR count). The molecule has 1 atom stereocenters. The van der Waals surface area contributed by atoms with Crippen molar-refractivity contribution in [3.63, 3.8) is 0 Å². The number of aromatic amines is 1. The molecule has 1 aromatic heterocycles. The molecular weight excluding hydrogens is 362 g/mol. The number of rotatable bonds is 6. The summed E-state index contributed by atoms with van der Waals surface area (Å²) in [6.45, 7) is 4.40. The Morgan fingerprint density at radius 3 is 2.67 bits per heavy atom. The summed E-state index contributed by atoms with van der Waals surface area (Å²) in [7, 11) is 0. The number of halogens is 1. The highest BCUT2D eigenvalue weighted by atomic mass is 35.5. The highest BCUT2D eigenvalue weighted by Gasteiger charge is 2.22. The molecule has 0 radical (unpaired) electrons. The minimum atomic E-state index is -0.0829. The van der Waals surface area contributed by atoms with Gasteiger partial charge >= 0.3 is 0 Å². The van der Waals surface area contributed by atoms with Gasteiger partial charge in [0.15, 0.2) is 0 Å². The number of pyridine rings is 1. The van der Waals surface area contributed by atoms with Gasteiger partial charge in [0.2, 0.25) is 0 Å². The van der Waals surface area contributed by atoms with Crippen molar-refractivity contribution in [3.8, 4) is 5.75 Å². The molecule has 0 bridgehead atoms. The van der Waals surface area contributed by atoms with E-state index >= 15 is 0 Å². The second-order valence-electron chi connectivity index (χ2n) is 6.78. The van der Waals surface area contributed by atoms with Crippen LogP contribution in [0.3, 0.4) is 0 Å². The van der Waals surface area contributed by atoms with Crippen LogP contribution in [0.4, 0.5) is 0 Å². The molecule has 0 unspecified atom stereocenters. The average molecular weight is 386 g/mol. The van der Waals surface area contributed by atoms with E-state index in [4.69, 9.17) is 16.3 Å². The highest BCUT2D eigenvalue weighted by Crippen LogP contribution is 2.33. The number of hydrogen-bond acceptors (Lipinski definition) is 3. The van der Waals surface area contributed by atoms with Crippen molar-refractivity contribution in [1.82, 2.24) is 4.98 Å². The van der Waals surface area contributed by atoms with Crippen LogP contribution in [0.25, 0.3) is 5.57 Å². The molecule has 0 spiro atoms. The van der Waals surface area contributed by atoms with Crippen molar-refractivity contribution in [3.05, 3.63) is 68.6 Å². The van der Waals surface area contributed by atoms with Crippen LogP contribution in [0, 0.1) is 5.92 Å². The van der Waals surface area contributed by atoms with E-state index in [1.165, 1.54) is 0 Å². The van der Waals surface area contributed by atoms with Gasteiger partial charge in [-0.05, 0) is 49.4 Å². The predicted octanol–water partition coefficient (Wildman–Crippen LogP) is 4.79. The van der Waals surface area contributed by atoms with E-state index in [1.807, 2.05) is 44.2 Å². The first-order chi connectivity index (χ1) is 13.0. The van der Waals surface area contributed by atoms with E-state index in [9.17, 15) is 9.59 Å². The zero-order valence-corrected chi connectivity index (χ0v) is 16.4. The van der Waals surface area contributed by atoms with Crippen LogP contribution < -0.4 is 10.3 Å². The molecule has 27 heavy (non-hydrogen) atoms. The molecule has 1 N–H and O–H groups in total. The third-order valence-electron chi connectivity index (χ3n) is 4.89. The first-order valence-corrected chi connectivity index (χ1v) is 9.78. The van der Waals surface area contributed by atoms with E-state index in [1.54, 1.807) is 0 Å². The van der Waals surface area contributed by atoms with E-state index in [0.29, 0.717) is 36.6 Å². The summed E-state index contributed by atoms with van der Waals surface area (Å²) < 4.78 is 5.52. The molecule has 1 aromatic carbocycles. The topological polar surface area (TPSA) is 59.2 Å². The lowest BCUT2D eigenvalue weighted by molar-refractivity contribution is -0.117. The molecule has 1 saturated carbocycles. The SMILES string of the molecule is CCOc1ccc(/C(=C\[C@H]2CCC(=O)C2)c2ccc(CC)c(=O)[nH]2)cc1Cl. The number of aryl methyl sites for hydroxylation is 1. The van der Waals surface area contributed by atoms with E-state index in [-0.39, 0.29) is 17.3 Å². The number of benzene rings is 1. The smallest absolute Gasteiger partial charge is 0.251 e. The van der Waals surface area contributed by atoms with E-state index in [0.717, 1.165) is 28.8 Å². The second kappa shape index (κ2) is 8.57. The van der Waals surface area contributed by atoms with Crippen molar-refractivity contribution >= 4 is 23.0 Å². The predicted molar refractivity (Wildman–Crippen MR) is 108 cm³/mol. The largest absolute Gasteiger partial charge is 0.492 e. The number of allylic oxidation sites excluding steroid dienone is 1. The van der Waals surface area contributed by atoms with Crippen molar-refractivity contribution in [2.75, 3.05) is 6.61 Å². The third kappa shape index (κ3) is 4.51. The molecule has 2 aromatic rings. The summed E-state index contributed by atoms with van der Waals surface area (Å²) in [5.41, 5.74) is 3.18. The van der Waals surface area contributed by atoms with Gasteiger partial charge in [-0.1, -0.05) is 36.7 Å². The number of carbonyl (C=O) groups excluding carboxylic acids is 1. The van der Waals surface area contributed by atoms with Gasteiger partial charge in [-0.25, -0.2) is 0 Å². The standard InChI is InChI=1S/C22H24ClNO3/c1-3-15-6-9-20(24-22(15)26)18(12-14-5-8-17(25)11-14)16-7-10-21(27-4-2)19(23)13-16/h6-7,9-10,12-14H,3-5,8,11H2,1-2H3,(H,24,26)/b18-12+/t14-/m0/s1. The zero-order chi connectivity index (χ0) is 19.4. The van der Waals surface area contributed by atoms with Crippen LogP contribution in [0.1, 0.15) is 49.9 Å². The fraction of sp³-hybridized carbons (Fsp3) is 0.364. The molecule has 1 heterocycles. The van der Waals surface area contributed by atoms with Crippen molar-refractivity contribution in [2.45, 2.75) is 39.5 Å². The van der Waals surface area contributed by atoms with Crippen molar-refractivity contribution in [1.29, 1.82) is 0 Å². The molecule has 0 aliphatic heterocycles. The first kappa shape index (κ1) is 19.4. The zero-order valence-electron chi connectivity index (χ0n) is 15.7. The number of ketones is 1. The van der Waals surface area contributed by atoms with E-state index < -0.39 is 0 Å². The number of carbonyl (C=O) groups is 1. The average Bonchev–Trinajstić information content (AvgIpc) is 3.06. The summed E-state index contributed by atoms with van der Waals surface area (Å²) in [4.78, 5) is 27.0. The van der Waals surface area contributed by atoms with Crippen molar-refractivity contribution < 1.29 is 9.53 Å². The summed E-state index contributed by atoms with van der Waals surface area (Å²) in [5.74, 6) is 1.09. The minimum absolute atomic E-state index is 0.0829. The van der Waals surface area contributed by atoms with Crippen LogP contribution in [-0.2, 0) is 11.2 Å². The van der Waals surface area contributed by atoms with Crippen LogP contribution in [-0.4, -0.2) is 17.4 Å². The molecule has 1 aliphatic rings. The van der Waals surface area contributed by atoms with Gasteiger partial charge in [-0.15, -0.1) is 0 Å². The van der Waals surface area contributed by atoms with Gasteiger partial charge < -0.3 is 9.72 Å². The Hall–Kier alpha value is -2.33. The normalized spacial score (nSPS) is 17.4. The Morgan fingerprint density at radius 1 is 1.26 bits per heavy atom. The maximum Gasteiger partial charge on any atom is 0.251 e. The highest BCUT2D eigenvalue weighted by molar-refractivity contribution is 6.32. The lowest BCUT2D eigenvalue weighted by Gasteiger charge is -2.14. The van der Waals surface area contributed by atoms with Crippen LogP contribution in [0.15, 0.2) is 41.2 Å². The summed E-state index contributed by atoms with van der Waals surface area (Å²) >= 11 is 6.38. The first-order valence-electron chi connectivity index (χ1n) is 9.40. The number of aromatic nitrogens is 1. The molecule has 5 heteroatoms. The summed E-state index contributed by atoms with van der Waals surface area (Å²) in [6.07, 6.45) is 4.77. The van der Waals surface area contributed by atoms with Gasteiger partial charge in [0.25, 0.3) is 5.56 Å². The van der Waals surface area contributed by atoms with Crippen LogP contribution in [0.5, 0.6) is 5.75 Å². The monoisotopic (exact) mass is 385 g/mol. The number of Topliss-reactive ketones (excluding diaryl/α,β-unsaturated/α-hetero) is 1. The minimum Gasteiger partial charge on any atom is -0.492 e. The van der Waals surface area contributed by atoms with Crippen LogP contribution >= 0.6 is 11.6 Å². The van der Waals surface area contributed by atoms with E-state index in [2.05, 4.69) is 11.1 Å². The fourth-order valence-corrected chi connectivity index (χ4v) is 3.68. The maximum absolute atomic E-state index is 12.3. The fourth-order valence-electron chi connectivity index (χ4n) is 3.44. The number of hydrogen-bond donors (Lipinski definition) is 1. The lowest BCUT2D eigenvalue weighted by Crippen LogP contribution is -2.13. The Labute approximate surface area is 164 Å². The Kier molecular flexibility index (Phi) is 6.17. The second-order valence-corrected chi connectivity index (χ2v) is 7.19. The number of nitrogens with one attached hydrogen (secondary N) is 1. The quantitative estimate of drug-likeness (QED) is 0.777. The molecule has 142 valence electrons. The molecule has 0 saturated heterocycles. The van der Waals surface area contributed by atoms with Gasteiger partial charge in [-0.3, -0.25) is 9.59 Å². The number of ether oxygens (including phenoxy) is 1. The summed E-state index contributed by atoms with van der Waals surface area (Å²) in [6, 6.07) is 9.41. The number of H-pyrrole nitrogens is 1. The van der Waals surface area contributed by atoms with Gasteiger partial charge in [0.05, 0.1) is 11.6 Å². The summed E-state index contributed by atoms with van der Waals surface area (Å²) in [5, 5.41) is 0.523. The Bertz CT molecular complexity index is 929. The molecular formula is C22H24ClNO3. The van der Waals surface area contributed by atoms with Crippen molar-refractivity contribution in [2.24, 2.45) is 5.92 Å². The van der Waals surface area contributed by atoms with Gasteiger partial charge in [-0.2, -0.15) is 0 Å². The lowest BCUT2D eigenvalue weighted by atomic mass is 9.95. The Morgan fingerprint density at radius 2 is 2.07 bits per heavy atom. The van der Waals surface area contributed by atoms with Gasteiger partial charge in [0.1, 0.15) is 11.5 Å². The molecule has 1 aliphatic carbocycles. The maximum atomic E-state index is 12.3. The molecule has 4 nitrogen and oxygen atoms in total. The van der Waals surface area contributed by atoms with Crippen LogP contribution in [0.2, 0.25) is 5.02 Å². The molecule has 1 fully saturated rings. The third-order valence-corrected chi connectivity index (χ3v) is 5.19. The Balaban J connectivity index is 2.06. The molecule has 0 amide bonds.